The molecular weight excluding hydrogens is 194 g/mol. The van der Waals surface area contributed by atoms with E-state index in [1.165, 1.54) is 12.1 Å². The van der Waals surface area contributed by atoms with Gasteiger partial charge in [-0.25, -0.2) is 8.78 Å². The van der Waals surface area contributed by atoms with E-state index in [4.69, 9.17) is 0 Å². The van der Waals surface area contributed by atoms with E-state index in [1.54, 1.807) is 6.07 Å². The van der Waals surface area contributed by atoms with Gasteiger partial charge in [0, 0.05) is 5.56 Å². The maximum absolute atomic E-state index is 12.7. The molecule has 0 aliphatic rings. The summed E-state index contributed by atoms with van der Waals surface area (Å²) < 4.78 is 25.4. The van der Waals surface area contributed by atoms with Crippen LogP contribution in [0.5, 0.6) is 0 Å². The topological polar surface area (TPSA) is 0 Å². The zero-order valence-electron chi connectivity index (χ0n) is 8.08. The molecule has 0 amide bonds. The Morgan fingerprint density at radius 3 is 2.47 bits per heavy atom. The fourth-order valence-electron chi connectivity index (χ4n) is 1.73. The van der Waals surface area contributed by atoms with Crippen molar-refractivity contribution in [1.82, 2.24) is 0 Å². The van der Waals surface area contributed by atoms with Crippen LogP contribution in [0.2, 0.25) is 0 Å². The number of hydrogen-bond donors (Lipinski definition) is 0. The highest BCUT2D eigenvalue weighted by atomic mass is 19.3. The van der Waals surface area contributed by atoms with Gasteiger partial charge in [0.15, 0.2) is 0 Å². The summed E-state index contributed by atoms with van der Waals surface area (Å²) in [5.41, 5.74) is 0.576. The lowest BCUT2D eigenvalue weighted by Gasteiger charge is -2.08. The summed E-state index contributed by atoms with van der Waals surface area (Å²) in [6, 6.07) is 10.6. The van der Waals surface area contributed by atoms with Gasteiger partial charge in [-0.1, -0.05) is 49.1 Å². The number of fused-ring (bicyclic) bond motifs is 1. The molecule has 15 heavy (non-hydrogen) atoms. The Kier molecular flexibility index (Phi) is 2.50. The Hall–Kier alpha value is -1.70. The first-order valence-corrected chi connectivity index (χ1v) is 4.66. The monoisotopic (exact) mass is 204 g/mol. The highest BCUT2D eigenvalue weighted by Gasteiger charge is 2.12. The molecule has 0 aliphatic heterocycles. The first kappa shape index (κ1) is 9.84. The van der Waals surface area contributed by atoms with Crippen molar-refractivity contribution in [2.45, 2.75) is 6.43 Å². The molecule has 0 unspecified atom stereocenters. The molecule has 0 N–H and O–H groups in total. The van der Waals surface area contributed by atoms with Crippen LogP contribution in [0, 0.1) is 0 Å². The molecule has 0 radical (unpaired) electrons. The molecule has 2 aromatic rings. The first-order chi connectivity index (χ1) is 7.24. The second kappa shape index (κ2) is 3.81. The van der Waals surface area contributed by atoms with Crippen molar-refractivity contribution in [3.8, 4) is 0 Å². The van der Waals surface area contributed by atoms with Crippen LogP contribution in [-0.4, -0.2) is 0 Å². The smallest absolute Gasteiger partial charge is 0.205 e. The van der Waals surface area contributed by atoms with Crippen LogP contribution in [-0.2, 0) is 0 Å². The van der Waals surface area contributed by atoms with Crippen LogP contribution in [0.4, 0.5) is 8.78 Å². The highest BCUT2D eigenvalue weighted by Crippen LogP contribution is 2.29. The Morgan fingerprint density at radius 2 is 1.80 bits per heavy atom. The van der Waals surface area contributed by atoms with Gasteiger partial charge >= 0.3 is 0 Å². The van der Waals surface area contributed by atoms with Crippen molar-refractivity contribution in [2.75, 3.05) is 0 Å². The lowest BCUT2D eigenvalue weighted by Crippen LogP contribution is -1.90. The second-order valence-corrected chi connectivity index (χ2v) is 3.29. The van der Waals surface area contributed by atoms with Crippen molar-refractivity contribution in [3.05, 3.63) is 54.1 Å². The SMILES string of the molecule is C=Cc1c(C(F)F)ccc2ccccc12. The predicted octanol–water partition coefficient (Wildman–Crippen LogP) is 4.42. The van der Waals surface area contributed by atoms with Crippen LogP contribution in [0.3, 0.4) is 0 Å². The molecule has 0 bridgehead atoms. The Labute approximate surface area is 86.8 Å². The maximum atomic E-state index is 12.7. The summed E-state index contributed by atoms with van der Waals surface area (Å²) in [5, 5.41) is 1.78. The van der Waals surface area contributed by atoms with Gasteiger partial charge in [-0.3, -0.25) is 0 Å². The van der Waals surface area contributed by atoms with Gasteiger partial charge in [0.25, 0.3) is 6.43 Å². The molecule has 76 valence electrons. The molecule has 2 rings (SSSR count). The fourth-order valence-corrected chi connectivity index (χ4v) is 1.73. The largest absolute Gasteiger partial charge is 0.264 e. The average Bonchev–Trinajstić information content (AvgIpc) is 2.27. The van der Waals surface area contributed by atoms with E-state index in [2.05, 4.69) is 6.58 Å². The van der Waals surface area contributed by atoms with E-state index in [0.29, 0.717) is 5.56 Å². The molecule has 0 aromatic heterocycles. The molecule has 0 saturated carbocycles. The first-order valence-electron chi connectivity index (χ1n) is 4.66. The average molecular weight is 204 g/mol. The van der Waals surface area contributed by atoms with Gasteiger partial charge < -0.3 is 0 Å². The summed E-state index contributed by atoms with van der Waals surface area (Å²) in [4.78, 5) is 0. The Balaban J connectivity index is 2.81. The molecule has 0 fully saturated rings. The van der Waals surface area contributed by atoms with Crippen molar-refractivity contribution in [3.63, 3.8) is 0 Å². The van der Waals surface area contributed by atoms with E-state index in [9.17, 15) is 8.78 Å². The maximum Gasteiger partial charge on any atom is 0.264 e. The lowest BCUT2D eigenvalue weighted by molar-refractivity contribution is 0.151. The zero-order valence-corrected chi connectivity index (χ0v) is 8.08. The van der Waals surface area contributed by atoms with Gasteiger partial charge in [-0.2, -0.15) is 0 Å². The van der Waals surface area contributed by atoms with E-state index >= 15 is 0 Å². The molecular formula is C13H10F2. The molecule has 2 heteroatoms. The summed E-state index contributed by atoms with van der Waals surface area (Å²) in [7, 11) is 0. The highest BCUT2D eigenvalue weighted by molar-refractivity contribution is 5.91. The van der Waals surface area contributed by atoms with Gasteiger partial charge in [0.1, 0.15) is 0 Å². The van der Waals surface area contributed by atoms with Crippen LogP contribution >= 0.6 is 0 Å². The normalized spacial score (nSPS) is 10.9. The molecule has 0 spiro atoms. The van der Waals surface area contributed by atoms with Crippen LogP contribution in [0.25, 0.3) is 16.8 Å². The van der Waals surface area contributed by atoms with Crippen LogP contribution < -0.4 is 0 Å². The number of halogens is 2. The van der Waals surface area contributed by atoms with Gasteiger partial charge in [0.2, 0.25) is 0 Å². The van der Waals surface area contributed by atoms with Crippen molar-refractivity contribution >= 4 is 16.8 Å². The zero-order chi connectivity index (χ0) is 10.8. The minimum absolute atomic E-state index is 0.0451. The third-order valence-corrected chi connectivity index (χ3v) is 2.44. The van der Waals surface area contributed by atoms with Crippen LogP contribution in [0.15, 0.2) is 43.0 Å². The number of benzene rings is 2. The van der Waals surface area contributed by atoms with Gasteiger partial charge in [0.05, 0.1) is 0 Å². The van der Waals surface area contributed by atoms with Crippen molar-refractivity contribution in [2.24, 2.45) is 0 Å². The molecule has 0 atom stereocenters. The fraction of sp³-hybridized carbons (Fsp3) is 0.0769. The minimum Gasteiger partial charge on any atom is -0.205 e. The van der Waals surface area contributed by atoms with E-state index < -0.39 is 6.43 Å². The Morgan fingerprint density at radius 1 is 1.07 bits per heavy atom. The van der Waals surface area contributed by atoms with E-state index in [-0.39, 0.29) is 5.56 Å². The molecule has 0 heterocycles. The number of alkyl halides is 2. The van der Waals surface area contributed by atoms with Gasteiger partial charge in [-0.15, -0.1) is 0 Å². The predicted molar refractivity (Wildman–Crippen MR) is 59.0 cm³/mol. The summed E-state index contributed by atoms with van der Waals surface area (Å²) in [5.74, 6) is 0. The third-order valence-electron chi connectivity index (χ3n) is 2.44. The lowest BCUT2D eigenvalue weighted by atomic mass is 9.99. The second-order valence-electron chi connectivity index (χ2n) is 3.29. The van der Waals surface area contributed by atoms with Crippen molar-refractivity contribution < 1.29 is 8.78 Å². The Bertz CT molecular complexity index is 501. The summed E-state index contributed by atoms with van der Waals surface area (Å²) in [6.07, 6.45) is -0.966. The van der Waals surface area contributed by atoms with E-state index in [1.807, 2.05) is 24.3 Å². The quantitative estimate of drug-likeness (QED) is 0.679. The molecule has 2 aromatic carbocycles. The summed E-state index contributed by atoms with van der Waals surface area (Å²) >= 11 is 0. The standard InChI is InChI=1S/C13H10F2/c1-2-10-11-6-4-3-5-9(11)7-8-12(10)13(14)15/h2-8,13H,1H2. The minimum atomic E-state index is -2.46. The van der Waals surface area contributed by atoms with Gasteiger partial charge in [-0.05, 0) is 16.3 Å². The van der Waals surface area contributed by atoms with Crippen molar-refractivity contribution in [1.29, 1.82) is 0 Å². The third kappa shape index (κ3) is 1.63. The number of hydrogen-bond acceptors (Lipinski definition) is 0. The van der Waals surface area contributed by atoms with Crippen LogP contribution in [0.1, 0.15) is 17.6 Å². The van der Waals surface area contributed by atoms with E-state index in [0.717, 1.165) is 10.8 Å². The molecule has 0 nitrogen and oxygen atoms in total. The number of rotatable bonds is 2. The molecule has 0 aliphatic carbocycles. The summed E-state index contributed by atoms with van der Waals surface area (Å²) in [6.45, 7) is 3.59. The molecule has 0 saturated heterocycles.